The number of halogens is 1. The van der Waals surface area contributed by atoms with Crippen LogP contribution in [0.2, 0.25) is 0 Å². The van der Waals surface area contributed by atoms with E-state index < -0.39 is 5.97 Å². The summed E-state index contributed by atoms with van der Waals surface area (Å²) in [5.74, 6) is -1.21. The summed E-state index contributed by atoms with van der Waals surface area (Å²) in [7, 11) is 0. The molecule has 1 aromatic carbocycles. The number of carbonyl (C=O) groups excluding carboxylic acids is 1. The fourth-order valence-electron chi connectivity index (χ4n) is 1.36. The van der Waals surface area contributed by atoms with Crippen molar-refractivity contribution >= 4 is 33.5 Å². The van der Waals surface area contributed by atoms with Crippen LogP contribution in [-0.4, -0.2) is 17.0 Å². The second-order valence-electron chi connectivity index (χ2n) is 3.65. The molecule has 0 aliphatic heterocycles. The molecule has 0 aliphatic rings. The lowest BCUT2D eigenvalue weighted by atomic mass is 10.1. The van der Waals surface area contributed by atoms with Gasteiger partial charge in [-0.05, 0) is 24.6 Å². The summed E-state index contributed by atoms with van der Waals surface area (Å²) in [6, 6.07) is 4.68. The molecule has 2 N–H and O–H groups in total. The molecule has 0 bridgehead atoms. The van der Waals surface area contributed by atoms with Crippen molar-refractivity contribution in [3.63, 3.8) is 0 Å². The topological polar surface area (TPSA) is 66.4 Å². The highest BCUT2D eigenvalue weighted by Crippen LogP contribution is 2.21. The average Bonchev–Trinajstić information content (AvgIpc) is 2.26. The summed E-state index contributed by atoms with van der Waals surface area (Å²) in [4.78, 5) is 22.5. The molecular formula is C12H14BrNO3. The summed E-state index contributed by atoms with van der Waals surface area (Å²) in [6.07, 6.45) is 2.13. The largest absolute Gasteiger partial charge is 0.478 e. The molecule has 0 atom stereocenters. The molecule has 4 nitrogen and oxygen atoms in total. The SMILES string of the molecule is CCCCC(=O)Nc1cc(Br)ccc1C(=O)O. The van der Waals surface area contributed by atoms with E-state index in [9.17, 15) is 9.59 Å². The van der Waals surface area contributed by atoms with E-state index in [2.05, 4.69) is 21.2 Å². The molecule has 0 radical (unpaired) electrons. The first-order valence-electron chi connectivity index (χ1n) is 5.37. The van der Waals surface area contributed by atoms with Gasteiger partial charge in [-0.25, -0.2) is 4.79 Å². The van der Waals surface area contributed by atoms with Gasteiger partial charge in [0.05, 0.1) is 11.3 Å². The van der Waals surface area contributed by atoms with Crippen LogP contribution in [0.3, 0.4) is 0 Å². The first kappa shape index (κ1) is 13.7. The molecule has 0 spiro atoms. The number of rotatable bonds is 5. The predicted octanol–water partition coefficient (Wildman–Crippen LogP) is 3.28. The van der Waals surface area contributed by atoms with Crippen LogP contribution in [0.15, 0.2) is 22.7 Å². The van der Waals surface area contributed by atoms with Crippen molar-refractivity contribution in [1.29, 1.82) is 0 Å². The van der Waals surface area contributed by atoms with Crippen LogP contribution in [0.4, 0.5) is 5.69 Å². The normalized spacial score (nSPS) is 10.0. The van der Waals surface area contributed by atoms with Crippen LogP contribution in [0.5, 0.6) is 0 Å². The number of unbranched alkanes of at least 4 members (excludes halogenated alkanes) is 1. The maximum absolute atomic E-state index is 11.5. The molecular weight excluding hydrogens is 286 g/mol. The Hall–Kier alpha value is -1.36. The number of carboxylic acid groups (broad SMARTS) is 1. The van der Waals surface area contributed by atoms with Crippen molar-refractivity contribution in [2.24, 2.45) is 0 Å². The molecule has 17 heavy (non-hydrogen) atoms. The minimum Gasteiger partial charge on any atom is -0.478 e. The van der Waals surface area contributed by atoms with Crippen LogP contribution in [-0.2, 0) is 4.79 Å². The highest BCUT2D eigenvalue weighted by Gasteiger charge is 2.12. The first-order valence-corrected chi connectivity index (χ1v) is 6.16. The van der Waals surface area contributed by atoms with Gasteiger partial charge in [-0.15, -0.1) is 0 Å². The molecule has 5 heteroatoms. The molecule has 0 saturated heterocycles. The molecule has 0 aromatic heterocycles. The summed E-state index contributed by atoms with van der Waals surface area (Å²) in [6.45, 7) is 2.00. The zero-order chi connectivity index (χ0) is 12.8. The van der Waals surface area contributed by atoms with Gasteiger partial charge < -0.3 is 10.4 Å². The van der Waals surface area contributed by atoms with Gasteiger partial charge >= 0.3 is 5.97 Å². The Morgan fingerprint density at radius 2 is 2.12 bits per heavy atom. The molecule has 0 fully saturated rings. The number of benzene rings is 1. The zero-order valence-corrected chi connectivity index (χ0v) is 11.1. The van der Waals surface area contributed by atoms with E-state index in [1.54, 1.807) is 12.1 Å². The van der Waals surface area contributed by atoms with E-state index >= 15 is 0 Å². The molecule has 1 amide bonds. The predicted molar refractivity (Wildman–Crippen MR) is 69.3 cm³/mol. The van der Waals surface area contributed by atoms with Crippen molar-refractivity contribution in [2.45, 2.75) is 26.2 Å². The van der Waals surface area contributed by atoms with Gasteiger partial charge in [-0.1, -0.05) is 29.3 Å². The van der Waals surface area contributed by atoms with E-state index in [1.807, 2.05) is 6.92 Å². The summed E-state index contributed by atoms with van der Waals surface area (Å²) >= 11 is 3.24. The second-order valence-corrected chi connectivity index (χ2v) is 4.56. The number of nitrogens with one attached hydrogen (secondary N) is 1. The van der Waals surface area contributed by atoms with Gasteiger partial charge in [-0.3, -0.25) is 4.79 Å². The lowest BCUT2D eigenvalue weighted by Crippen LogP contribution is -2.14. The van der Waals surface area contributed by atoms with Crippen molar-refractivity contribution in [2.75, 3.05) is 5.32 Å². The lowest BCUT2D eigenvalue weighted by molar-refractivity contribution is -0.116. The maximum Gasteiger partial charge on any atom is 0.337 e. The third-order valence-electron chi connectivity index (χ3n) is 2.24. The van der Waals surface area contributed by atoms with Gasteiger partial charge in [-0.2, -0.15) is 0 Å². The number of carbonyl (C=O) groups is 2. The smallest absolute Gasteiger partial charge is 0.337 e. The van der Waals surface area contributed by atoms with Gasteiger partial charge in [0.15, 0.2) is 0 Å². The fourth-order valence-corrected chi connectivity index (χ4v) is 1.72. The minimum atomic E-state index is -1.05. The number of amides is 1. The number of aromatic carboxylic acids is 1. The van der Waals surface area contributed by atoms with Crippen molar-refractivity contribution in [3.05, 3.63) is 28.2 Å². The Morgan fingerprint density at radius 3 is 2.71 bits per heavy atom. The van der Waals surface area contributed by atoms with E-state index in [-0.39, 0.29) is 11.5 Å². The standard InChI is InChI=1S/C12H14BrNO3/c1-2-3-4-11(15)14-10-7-8(13)5-6-9(10)12(16)17/h5-7H,2-4H2,1H3,(H,14,15)(H,16,17). The Labute approximate surface area is 108 Å². The molecule has 0 heterocycles. The highest BCUT2D eigenvalue weighted by atomic mass is 79.9. The number of hydrogen-bond donors (Lipinski definition) is 2. The van der Waals surface area contributed by atoms with Gasteiger partial charge in [0, 0.05) is 10.9 Å². The summed E-state index contributed by atoms with van der Waals surface area (Å²) in [5, 5.41) is 11.6. The van der Waals surface area contributed by atoms with Crippen molar-refractivity contribution in [3.8, 4) is 0 Å². The minimum absolute atomic E-state index is 0.0954. The Bertz CT molecular complexity index is 432. The Morgan fingerprint density at radius 1 is 1.41 bits per heavy atom. The van der Waals surface area contributed by atoms with E-state index in [0.29, 0.717) is 12.1 Å². The van der Waals surface area contributed by atoms with Crippen LogP contribution < -0.4 is 5.32 Å². The van der Waals surface area contributed by atoms with Crippen LogP contribution in [0.25, 0.3) is 0 Å². The van der Waals surface area contributed by atoms with Gasteiger partial charge in [0.1, 0.15) is 0 Å². The molecule has 0 aliphatic carbocycles. The van der Waals surface area contributed by atoms with Crippen molar-refractivity contribution < 1.29 is 14.7 Å². The second kappa shape index (κ2) is 6.39. The molecule has 0 unspecified atom stereocenters. The van der Waals surface area contributed by atoms with E-state index in [0.717, 1.165) is 17.3 Å². The first-order chi connectivity index (χ1) is 8.04. The van der Waals surface area contributed by atoms with Crippen LogP contribution in [0.1, 0.15) is 36.5 Å². The number of anilines is 1. The molecule has 1 rings (SSSR count). The Kier molecular flexibility index (Phi) is 5.15. The van der Waals surface area contributed by atoms with E-state index in [4.69, 9.17) is 5.11 Å². The maximum atomic E-state index is 11.5. The highest BCUT2D eigenvalue weighted by molar-refractivity contribution is 9.10. The van der Waals surface area contributed by atoms with Gasteiger partial charge in [0.2, 0.25) is 5.91 Å². The van der Waals surface area contributed by atoms with Crippen LogP contribution in [0, 0.1) is 0 Å². The quantitative estimate of drug-likeness (QED) is 0.877. The monoisotopic (exact) mass is 299 g/mol. The zero-order valence-electron chi connectivity index (χ0n) is 9.50. The molecule has 92 valence electrons. The lowest BCUT2D eigenvalue weighted by Gasteiger charge is -2.08. The Balaban J connectivity index is 2.85. The third kappa shape index (κ3) is 4.19. The number of hydrogen-bond acceptors (Lipinski definition) is 2. The van der Waals surface area contributed by atoms with Gasteiger partial charge in [0.25, 0.3) is 0 Å². The molecule has 1 aromatic rings. The third-order valence-corrected chi connectivity index (χ3v) is 2.74. The van der Waals surface area contributed by atoms with E-state index in [1.165, 1.54) is 6.07 Å². The van der Waals surface area contributed by atoms with Crippen LogP contribution >= 0.6 is 15.9 Å². The molecule has 0 saturated carbocycles. The van der Waals surface area contributed by atoms with Crippen molar-refractivity contribution in [1.82, 2.24) is 0 Å². The fraction of sp³-hybridized carbons (Fsp3) is 0.333. The number of carboxylic acids is 1. The average molecular weight is 300 g/mol. The summed E-state index contributed by atoms with van der Waals surface area (Å²) < 4.78 is 0.730. The summed E-state index contributed by atoms with van der Waals surface area (Å²) in [5.41, 5.74) is 0.422.